The van der Waals surface area contributed by atoms with Crippen LogP contribution >= 0.6 is 11.3 Å². The minimum atomic E-state index is -0.958. The fourth-order valence-corrected chi connectivity index (χ4v) is 4.17. The second-order valence-corrected chi connectivity index (χ2v) is 8.98. The van der Waals surface area contributed by atoms with Crippen molar-refractivity contribution in [2.24, 2.45) is 5.92 Å². The number of ketones is 1. The van der Waals surface area contributed by atoms with E-state index in [1.807, 2.05) is 48.7 Å². The van der Waals surface area contributed by atoms with Crippen molar-refractivity contribution in [3.05, 3.63) is 47.3 Å². The highest BCUT2D eigenvalue weighted by molar-refractivity contribution is 7.13. The lowest BCUT2D eigenvalue weighted by molar-refractivity contribution is -0.130. The Bertz CT molecular complexity index is 894. The molecule has 30 heavy (non-hydrogen) atoms. The van der Waals surface area contributed by atoms with Gasteiger partial charge in [-0.1, -0.05) is 25.1 Å². The van der Waals surface area contributed by atoms with Gasteiger partial charge in [-0.2, -0.15) is 0 Å². The van der Waals surface area contributed by atoms with Crippen LogP contribution < -0.4 is 10.6 Å². The lowest BCUT2D eigenvalue weighted by Gasteiger charge is -2.27. The molecule has 2 N–H and O–H groups in total. The Morgan fingerprint density at radius 1 is 1.27 bits per heavy atom. The fraction of sp³-hybridized carbons (Fsp3) is 0.435. The summed E-state index contributed by atoms with van der Waals surface area (Å²) in [5, 5.41) is 7.76. The molecule has 0 saturated carbocycles. The number of hydrogen-bond acceptors (Lipinski definition) is 5. The predicted molar refractivity (Wildman–Crippen MR) is 117 cm³/mol. The molecule has 1 saturated heterocycles. The van der Waals surface area contributed by atoms with Gasteiger partial charge < -0.3 is 15.4 Å². The van der Waals surface area contributed by atoms with Gasteiger partial charge in [-0.05, 0) is 55.3 Å². The highest BCUT2D eigenvalue weighted by Crippen LogP contribution is 2.25. The summed E-state index contributed by atoms with van der Waals surface area (Å²) in [5.74, 6) is -0.332. The molecule has 0 radical (unpaired) electrons. The summed E-state index contributed by atoms with van der Waals surface area (Å²) in [7, 11) is 0. The number of thiophene rings is 1. The second-order valence-electron chi connectivity index (χ2n) is 8.04. The van der Waals surface area contributed by atoms with Gasteiger partial charge in [0.25, 0.3) is 5.91 Å². The number of rotatable bonds is 8. The maximum Gasteiger partial charge on any atom is 0.251 e. The average Bonchev–Trinajstić information content (AvgIpc) is 3.33. The maximum absolute atomic E-state index is 12.4. The summed E-state index contributed by atoms with van der Waals surface area (Å²) in [6, 6.07) is 11.6. The number of Topliss-reactive ketones (excluding diaryl/α,β-unsaturated/α-hetero) is 1. The molecule has 1 fully saturated rings. The number of carbonyl (C=O) groups excluding carboxylic acids is 3. The van der Waals surface area contributed by atoms with E-state index in [0.717, 1.165) is 5.56 Å². The quantitative estimate of drug-likeness (QED) is 0.675. The molecule has 2 amide bonds. The summed E-state index contributed by atoms with van der Waals surface area (Å²) >= 11 is 1.66. The summed E-state index contributed by atoms with van der Waals surface area (Å²) in [4.78, 5) is 37.9. The Hall–Kier alpha value is -2.51. The first-order valence-corrected chi connectivity index (χ1v) is 11.1. The minimum Gasteiger partial charge on any atom is -0.368 e. The number of amides is 2. The van der Waals surface area contributed by atoms with Gasteiger partial charge in [0.2, 0.25) is 5.91 Å². The van der Waals surface area contributed by atoms with Crippen molar-refractivity contribution < 1.29 is 19.1 Å². The maximum atomic E-state index is 12.4. The van der Waals surface area contributed by atoms with E-state index in [1.54, 1.807) is 25.2 Å². The average molecular weight is 429 g/mol. The van der Waals surface area contributed by atoms with Crippen molar-refractivity contribution in [3.8, 4) is 10.4 Å². The molecule has 2 heterocycles. The van der Waals surface area contributed by atoms with Gasteiger partial charge >= 0.3 is 0 Å². The van der Waals surface area contributed by atoms with Crippen LogP contribution in [0.25, 0.3) is 10.4 Å². The van der Waals surface area contributed by atoms with E-state index in [2.05, 4.69) is 10.6 Å². The molecule has 7 heteroatoms. The van der Waals surface area contributed by atoms with E-state index in [-0.39, 0.29) is 36.2 Å². The van der Waals surface area contributed by atoms with Gasteiger partial charge in [0, 0.05) is 23.4 Å². The molecule has 2 aromatic rings. The van der Waals surface area contributed by atoms with Gasteiger partial charge in [-0.3, -0.25) is 14.4 Å². The molecule has 1 aromatic carbocycles. The molecule has 3 rings (SSSR count). The van der Waals surface area contributed by atoms with E-state index in [0.29, 0.717) is 24.9 Å². The first-order valence-electron chi connectivity index (χ1n) is 10.2. The molecule has 0 spiro atoms. The van der Waals surface area contributed by atoms with Crippen molar-refractivity contribution >= 4 is 28.9 Å². The monoisotopic (exact) mass is 428 g/mol. The van der Waals surface area contributed by atoms with Gasteiger partial charge in [-0.25, -0.2) is 0 Å². The largest absolute Gasteiger partial charge is 0.368 e. The first kappa shape index (κ1) is 22.2. The third-order valence-electron chi connectivity index (χ3n) is 5.67. The highest BCUT2D eigenvalue weighted by atomic mass is 32.1. The van der Waals surface area contributed by atoms with Crippen molar-refractivity contribution in [2.75, 3.05) is 13.2 Å². The number of nitrogens with one attached hydrogen (secondary N) is 2. The molecule has 0 aliphatic carbocycles. The van der Waals surface area contributed by atoms with Crippen LogP contribution in [-0.2, 0) is 14.3 Å². The molecular weight excluding hydrogens is 400 g/mol. The summed E-state index contributed by atoms with van der Waals surface area (Å²) in [6.07, 6.45) is 0.624. The topological polar surface area (TPSA) is 84.5 Å². The van der Waals surface area contributed by atoms with Gasteiger partial charge in [0.15, 0.2) is 5.78 Å². The van der Waals surface area contributed by atoms with E-state index in [9.17, 15) is 14.4 Å². The minimum absolute atomic E-state index is 0.0356. The van der Waals surface area contributed by atoms with E-state index in [1.165, 1.54) is 4.88 Å². The van der Waals surface area contributed by atoms with Crippen LogP contribution in [0.3, 0.4) is 0 Å². The molecule has 1 aromatic heterocycles. The Morgan fingerprint density at radius 2 is 2.00 bits per heavy atom. The van der Waals surface area contributed by atoms with Gasteiger partial charge in [0.05, 0.1) is 6.10 Å². The molecule has 1 aliphatic heterocycles. The van der Waals surface area contributed by atoms with Crippen LogP contribution in [0.1, 0.15) is 44.0 Å². The number of hydrogen-bond donors (Lipinski definition) is 2. The first-order chi connectivity index (χ1) is 14.3. The zero-order valence-corrected chi connectivity index (χ0v) is 18.4. The van der Waals surface area contributed by atoms with Crippen molar-refractivity contribution in [1.29, 1.82) is 0 Å². The van der Waals surface area contributed by atoms with Gasteiger partial charge in [0.1, 0.15) is 12.1 Å². The Morgan fingerprint density at radius 3 is 2.60 bits per heavy atom. The zero-order valence-electron chi connectivity index (χ0n) is 17.6. The van der Waals surface area contributed by atoms with E-state index >= 15 is 0 Å². The van der Waals surface area contributed by atoms with Crippen molar-refractivity contribution in [2.45, 2.75) is 45.3 Å². The van der Waals surface area contributed by atoms with Crippen LogP contribution in [0.5, 0.6) is 0 Å². The molecule has 3 atom stereocenters. The van der Waals surface area contributed by atoms with Crippen LogP contribution in [-0.4, -0.2) is 42.4 Å². The number of ether oxygens (including phenoxy) is 1. The van der Waals surface area contributed by atoms with Crippen molar-refractivity contribution in [1.82, 2.24) is 10.6 Å². The fourth-order valence-electron chi connectivity index (χ4n) is 3.44. The van der Waals surface area contributed by atoms with Crippen LogP contribution in [0.2, 0.25) is 0 Å². The normalized spacial score (nSPS) is 22.0. The third kappa shape index (κ3) is 5.15. The molecule has 1 aliphatic rings. The standard InChI is InChI=1S/C23H28N2O4S/c1-15(13-21(27)25-23(3)16(2)29-14-20(23)26)10-11-24-22(28)18-8-6-17(7-9-18)19-5-4-12-30-19/h4-9,12,15-16H,10-11,13-14H2,1-3H3,(H,24,28)(H,25,27). The van der Waals surface area contributed by atoms with Crippen molar-refractivity contribution in [3.63, 3.8) is 0 Å². The number of benzene rings is 1. The van der Waals surface area contributed by atoms with Gasteiger partial charge in [-0.15, -0.1) is 11.3 Å². The third-order valence-corrected chi connectivity index (χ3v) is 6.58. The Labute approximate surface area is 181 Å². The lowest BCUT2D eigenvalue weighted by Crippen LogP contribution is -2.55. The Kier molecular flexibility index (Phi) is 7.05. The highest BCUT2D eigenvalue weighted by Gasteiger charge is 2.46. The molecule has 6 nitrogen and oxygen atoms in total. The van der Waals surface area contributed by atoms with Crippen LogP contribution in [0.4, 0.5) is 0 Å². The Balaban J connectivity index is 1.41. The molecule has 160 valence electrons. The van der Waals surface area contributed by atoms with E-state index in [4.69, 9.17) is 4.74 Å². The zero-order chi connectivity index (χ0) is 21.7. The van der Waals surface area contributed by atoms with Crippen LogP contribution in [0.15, 0.2) is 41.8 Å². The second kappa shape index (κ2) is 9.53. The molecule has 0 bridgehead atoms. The van der Waals surface area contributed by atoms with E-state index < -0.39 is 5.54 Å². The summed E-state index contributed by atoms with van der Waals surface area (Å²) < 4.78 is 5.34. The summed E-state index contributed by atoms with van der Waals surface area (Å²) in [6.45, 7) is 5.97. The number of carbonyl (C=O) groups is 3. The lowest BCUT2D eigenvalue weighted by atomic mass is 9.92. The molecule has 3 unspecified atom stereocenters. The smallest absolute Gasteiger partial charge is 0.251 e. The molecular formula is C23H28N2O4S. The predicted octanol–water partition coefficient (Wildman–Crippen LogP) is 3.42. The summed E-state index contributed by atoms with van der Waals surface area (Å²) in [5.41, 5.74) is 0.748. The SMILES string of the molecule is CC(CCNC(=O)c1ccc(-c2cccs2)cc1)CC(=O)NC1(C)C(=O)COC1C. The van der Waals surface area contributed by atoms with Crippen LogP contribution in [0, 0.1) is 5.92 Å².